The predicted octanol–water partition coefficient (Wildman–Crippen LogP) is 4.17. The van der Waals surface area contributed by atoms with E-state index >= 15 is 0 Å². The van der Waals surface area contributed by atoms with Crippen LogP contribution < -0.4 is 15.4 Å². The van der Waals surface area contributed by atoms with Crippen LogP contribution in [-0.2, 0) is 16.1 Å². The molecule has 176 valence electrons. The Kier molecular flexibility index (Phi) is 8.49. The summed E-state index contributed by atoms with van der Waals surface area (Å²) in [6, 6.07) is 16.6. The van der Waals surface area contributed by atoms with Crippen LogP contribution in [0.15, 0.2) is 65.9 Å². The van der Waals surface area contributed by atoms with E-state index < -0.39 is 12.0 Å². The van der Waals surface area contributed by atoms with Gasteiger partial charge in [-0.2, -0.15) is 0 Å². The van der Waals surface area contributed by atoms with E-state index in [-0.39, 0.29) is 18.7 Å². The van der Waals surface area contributed by atoms with E-state index in [2.05, 4.69) is 34.6 Å². The van der Waals surface area contributed by atoms with E-state index in [9.17, 15) is 9.59 Å². The number of nitrogens with one attached hydrogen (secondary N) is 2. The van der Waals surface area contributed by atoms with Crippen LogP contribution in [0.25, 0.3) is 0 Å². The number of amides is 2. The normalized spacial score (nSPS) is 15.9. The molecule has 0 bridgehead atoms. The van der Waals surface area contributed by atoms with Gasteiger partial charge in [0, 0.05) is 18.8 Å². The van der Waals surface area contributed by atoms with Gasteiger partial charge in [-0.25, -0.2) is 9.59 Å². The Hall–Kier alpha value is -3.32. The lowest BCUT2D eigenvalue weighted by Gasteiger charge is -2.32. The molecule has 33 heavy (non-hydrogen) atoms. The number of rotatable bonds is 10. The van der Waals surface area contributed by atoms with Crippen molar-refractivity contribution < 1.29 is 19.1 Å². The molecule has 7 heteroatoms. The maximum Gasteiger partial charge on any atom is 0.338 e. The zero-order valence-corrected chi connectivity index (χ0v) is 19.8. The van der Waals surface area contributed by atoms with E-state index in [1.165, 1.54) is 0 Å². The molecule has 0 saturated heterocycles. The second-order valence-electron chi connectivity index (χ2n) is 8.17. The standard InChI is InChI=1S/C26H33N3O4/c1-5-29(16-19-10-8-7-9-11-19)17-22-23(25(30)32-6-2)24(28-26(31)27-22)20-12-14-21(15-13-20)33-18(3)4/h7-15,18,24H,5-6,16-17H2,1-4H3,(H2,27,28,31)/t24-/m1/s1. The summed E-state index contributed by atoms with van der Waals surface area (Å²) in [6.45, 7) is 9.87. The first kappa shape index (κ1) is 24.3. The fourth-order valence-corrected chi connectivity index (χ4v) is 3.80. The van der Waals surface area contributed by atoms with Crippen molar-refractivity contribution in [2.24, 2.45) is 0 Å². The first-order valence-electron chi connectivity index (χ1n) is 11.4. The minimum atomic E-state index is -0.615. The van der Waals surface area contributed by atoms with Crippen LogP contribution in [0.1, 0.15) is 44.9 Å². The molecular formula is C26H33N3O4. The zero-order chi connectivity index (χ0) is 23.8. The number of benzene rings is 2. The van der Waals surface area contributed by atoms with Crippen molar-refractivity contribution in [2.45, 2.75) is 46.4 Å². The highest BCUT2D eigenvalue weighted by Gasteiger charge is 2.34. The second kappa shape index (κ2) is 11.5. The largest absolute Gasteiger partial charge is 0.491 e. The van der Waals surface area contributed by atoms with E-state index in [4.69, 9.17) is 9.47 Å². The van der Waals surface area contributed by atoms with Crippen LogP contribution in [0.4, 0.5) is 4.79 Å². The monoisotopic (exact) mass is 451 g/mol. The Labute approximate surface area is 195 Å². The van der Waals surface area contributed by atoms with Crippen molar-refractivity contribution in [3.8, 4) is 5.75 Å². The van der Waals surface area contributed by atoms with Gasteiger partial charge in [0.2, 0.25) is 0 Å². The molecular weight excluding hydrogens is 418 g/mol. The molecule has 0 aliphatic carbocycles. The lowest BCUT2D eigenvalue weighted by molar-refractivity contribution is -0.139. The molecule has 2 aromatic rings. The Morgan fingerprint density at radius 2 is 1.73 bits per heavy atom. The fraction of sp³-hybridized carbons (Fsp3) is 0.385. The van der Waals surface area contributed by atoms with E-state index in [0.717, 1.165) is 23.4 Å². The summed E-state index contributed by atoms with van der Waals surface area (Å²) in [5.74, 6) is 0.291. The molecule has 3 rings (SSSR count). The first-order chi connectivity index (χ1) is 15.9. The lowest BCUT2D eigenvalue weighted by atomic mass is 9.94. The van der Waals surface area contributed by atoms with Gasteiger partial charge in [0.25, 0.3) is 0 Å². The number of carbonyl (C=O) groups is 2. The molecule has 1 heterocycles. The van der Waals surface area contributed by atoms with Gasteiger partial charge in [-0.15, -0.1) is 0 Å². The fourth-order valence-electron chi connectivity index (χ4n) is 3.80. The predicted molar refractivity (Wildman–Crippen MR) is 128 cm³/mol. The highest BCUT2D eigenvalue weighted by molar-refractivity contribution is 5.95. The highest BCUT2D eigenvalue weighted by Crippen LogP contribution is 2.29. The van der Waals surface area contributed by atoms with E-state index in [1.807, 2.05) is 56.3 Å². The summed E-state index contributed by atoms with van der Waals surface area (Å²) < 4.78 is 11.1. The molecule has 1 aliphatic rings. The van der Waals surface area contributed by atoms with Gasteiger partial charge in [-0.05, 0) is 50.6 Å². The SMILES string of the molecule is CCOC(=O)C1=C(CN(CC)Cc2ccccc2)NC(=O)N[C@@H]1c1ccc(OC(C)C)cc1. The molecule has 2 aromatic carbocycles. The van der Waals surface area contributed by atoms with Gasteiger partial charge in [0.05, 0.1) is 24.3 Å². The number of hydrogen-bond donors (Lipinski definition) is 2. The van der Waals surface area contributed by atoms with Crippen LogP contribution in [0.2, 0.25) is 0 Å². The number of carbonyl (C=O) groups excluding carboxylic acids is 2. The quantitative estimate of drug-likeness (QED) is 0.530. The molecule has 2 amide bonds. The molecule has 0 aromatic heterocycles. The second-order valence-corrected chi connectivity index (χ2v) is 8.17. The zero-order valence-electron chi connectivity index (χ0n) is 19.8. The number of esters is 1. The number of nitrogens with zero attached hydrogens (tertiary/aromatic N) is 1. The molecule has 0 saturated carbocycles. The van der Waals surface area contributed by atoms with Gasteiger partial charge in [-0.3, -0.25) is 4.90 Å². The van der Waals surface area contributed by atoms with Crippen LogP contribution in [0.3, 0.4) is 0 Å². The molecule has 0 radical (unpaired) electrons. The van der Waals surface area contributed by atoms with Crippen LogP contribution in [0.5, 0.6) is 5.75 Å². The van der Waals surface area contributed by atoms with Gasteiger partial charge >= 0.3 is 12.0 Å². The van der Waals surface area contributed by atoms with Crippen molar-refractivity contribution in [3.05, 3.63) is 77.0 Å². The summed E-state index contributed by atoms with van der Waals surface area (Å²) in [6.07, 6.45) is 0.0562. The maximum absolute atomic E-state index is 13.0. The minimum absolute atomic E-state index is 0.0562. The van der Waals surface area contributed by atoms with Gasteiger partial charge in [0.1, 0.15) is 5.75 Å². The van der Waals surface area contributed by atoms with Crippen molar-refractivity contribution >= 4 is 12.0 Å². The summed E-state index contributed by atoms with van der Waals surface area (Å²) >= 11 is 0. The Morgan fingerprint density at radius 3 is 2.33 bits per heavy atom. The van der Waals surface area contributed by atoms with Gasteiger partial charge in [0.15, 0.2) is 0 Å². The Bertz CT molecular complexity index is 971. The molecule has 0 unspecified atom stereocenters. The van der Waals surface area contributed by atoms with Gasteiger partial charge < -0.3 is 20.1 Å². The summed E-state index contributed by atoms with van der Waals surface area (Å²) in [4.78, 5) is 27.8. The molecule has 1 atom stereocenters. The third-order valence-electron chi connectivity index (χ3n) is 5.31. The minimum Gasteiger partial charge on any atom is -0.491 e. The van der Waals surface area contributed by atoms with Crippen LogP contribution in [0, 0.1) is 0 Å². The van der Waals surface area contributed by atoms with E-state index in [0.29, 0.717) is 24.4 Å². The number of urea groups is 1. The summed E-state index contributed by atoms with van der Waals surface area (Å²) in [5, 5.41) is 5.74. The molecule has 2 N–H and O–H groups in total. The summed E-state index contributed by atoms with van der Waals surface area (Å²) in [5.41, 5.74) is 2.92. The average molecular weight is 452 g/mol. The van der Waals surface area contributed by atoms with Crippen molar-refractivity contribution in [1.82, 2.24) is 15.5 Å². The Balaban J connectivity index is 1.94. The number of hydrogen-bond acceptors (Lipinski definition) is 5. The molecule has 1 aliphatic heterocycles. The van der Waals surface area contributed by atoms with Crippen LogP contribution in [-0.4, -0.2) is 42.7 Å². The summed E-state index contributed by atoms with van der Waals surface area (Å²) in [7, 11) is 0. The maximum atomic E-state index is 13.0. The highest BCUT2D eigenvalue weighted by atomic mass is 16.5. The van der Waals surface area contributed by atoms with Crippen LogP contribution >= 0.6 is 0 Å². The average Bonchev–Trinajstić information content (AvgIpc) is 2.79. The third kappa shape index (κ3) is 6.58. The lowest BCUT2D eigenvalue weighted by Crippen LogP contribution is -2.48. The first-order valence-corrected chi connectivity index (χ1v) is 11.4. The molecule has 0 fully saturated rings. The molecule has 7 nitrogen and oxygen atoms in total. The van der Waals surface area contributed by atoms with Crippen molar-refractivity contribution in [1.29, 1.82) is 0 Å². The van der Waals surface area contributed by atoms with E-state index in [1.54, 1.807) is 6.92 Å². The number of likely N-dealkylation sites (N-methyl/N-ethyl adjacent to an activating group) is 1. The van der Waals surface area contributed by atoms with Crippen molar-refractivity contribution in [2.75, 3.05) is 19.7 Å². The Morgan fingerprint density at radius 1 is 1.03 bits per heavy atom. The van der Waals surface area contributed by atoms with Gasteiger partial charge in [-0.1, -0.05) is 49.4 Å². The topological polar surface area (TPSA) is 79.9 Å². The van der Waals surface area contributed by atoms with Crippen molar-refractivity contribution in [3.63, 3.8) is 0 Å². The third-order valence-corrected chi connectivity index (χ3v) is 5.31. The smallest absolute Gasteiger partial charge is 0.338 e. The molecule has 0 spiro atoms. The number of ether oxygens (including phenoxy) is 2.